The lowest BCUT2D eigenvalue weighted by Crippen LogP contribution is -2.08. The first kappa shape index (κ1) is 8.93. The molecule has 0 saturated heterocycles. The molecule has 0 bridgehead atoms. The van der Waals surface area contributed by atoms with E-state index in [2.05, 4.69) is 18.4 Å². The summed E-state index contributed by atoms with van der Waals surface area (Å²) in [4.78, 5) is 0. The molecule has 0 aromatic rings. The highest BCUT2D eigenvalue weighted by molar-refractivity contribution is 5.29. The molecular formula is C8H10FN. The van der Waals surface area contributed by atoms with E-state index in [-0.39, 0.29) is 0 Å². The summed E-state index contributed by atoms with van der Waals surface area (Å²) in [5.41, 5.74) is 5.50. The number of halogens is 1. The number of rotatable bonds is 1. The van der Waals surface area contributed by atoms with E-state index < -0.39 is 6.30 Å². The van der Waals surface area contributed by atoms with Crippen LogP contribution in [0.5, 0.6) is 0 Å². The van der Waals surface area contributed by atoms with Crippen molar-refractivity contribution in [1.82, 2.24) is 0 Å². The number of hydrogen-bond acceptors (Lipinski definition) is 1. The molecule has 2 heteroatoms. The van der Waals surface area contributed by atoms with Gasteiger partial charge in [-0.25, -0.2) is 4.39 Å². The van der Waals surface area contributed by atoms with Gasteiger partial charge in [-0.15, -0.1) is 0 Å². The molecule has 0 heterocycles. The first-order chi connectivity index (χ1) is 4.66. The molecule has 54 valence electrons. The van der Waals surface area contributed by atoms with Gasteiger partial charge in [-0.2, -0.15) is 0 Å². The van der Waals surface area contributed by atoms with Crippen LogP contribution >= 0.6 is 0 Å². The van der Waals surface area contributed by atoms with Crippen LogP contribution in [0.1, 0.15) is 6.92 Å². The smallest absolute Gasteiger partial charge is 0.210 e. The summed E-state index contributed by atoms with van der Waals surface area (Å²) in [7, 11) is 0. The second-order valence-corrected chi connectivity index (χ2v) is 1.76. The molecule has 2 N–H and O–H groups in total. The van der Waals surface area contributed by atoms with E-state index in [4.69, 9.17) is 5.73 Å². The average molecular weight is 139 g/mol. The van der Waals surface area contributed by atoms with E-state index >= 15 is 0 Å². The molecule has 0 aromatic carbocycles. The maximum absolute atomic E-state index is 11.9. The molecule has 0 aromatic heterocycles. The van der Waals surface area contributed by atoms with E-state index in [0.29, 0.717) is 0 Å². The largest absolute Gasteiger partial charge is 0.291 e. The third kappa shape index (κ3) is 5.07. The van der Waals surface area contributed by atoms with Gasteiger partial charge < -0.3 is 0 Å². The number of hydrogen-bond donors (Lipinski definition) is 1. The topological polar surface area (TPSA) is 26.0 Å². The van der Waals surface area contributed by atoms with Gasteiger partial charge in [0.25, 0.3) is 0 Å². The van der Waals surface area contributed by atoms with Crippen molar-refractivity contribution in [3.63, 3.8) is 0 Å². The van der Waals surface area contributed by atoms with Crippen LogP contribution in [0, 0.1) is 11.8 Å². The van der Waals surface area contributed by atoms with Gasteiger partial charge >= 0.3 is 0 Å². The molecular weight excluding hydrogens is 129 g/mol. The number of nitrogens with two attached hydrogens (primary N) is 1. The first-order valence-corrected chi connectivity index (χ1v) is 2.87. The Morgan fingerprint density at radius 3 is 2.80 bits per heavy atom. The van der Waals surface area contributed by atoms with Gasteiger partial charge in [-0.3, -0.25) is 5.73 Å². The Morgan fingerprint density at radius 1 is 1.80 bits per heavy atom. The van der Waals surface area contributed by atoms with Crippen LogP contribution < -0.4 is 5.73 Å². The minimum absolute atomic E-state index is 0.753. The summed E-state index contributed by atoms with van der Waals surface area (Å²) in [6.45, 7) is 5.22. The van der Waals surface area contributed by atoms with Crippen LogP contribution in [0.15, 0.2) is 24.3 Å². The Balaban J connectivity index is 4.04. The van der Waals surface area contributed by atoms with Crippen molar-refractivity contribution >= 4 is 0 Å². The normalized spacial score (nSPS) is 13.3. The van der Waals surface area contributed by atoms with Gasteiger partial charge in [0, 0.05) is 0 Å². The van der Waals surface area contributed by atoms with Gasteiger partial charge in [0.05, 0.1) is 0 Å². The highest BCUT2D eigenvalue weighted by Gasteiger charge is 1.85. The zero-order valence-corrected chi connectivity index (χ0v) is 5.89. The lowest BCUT2D eigenvalue weighted by molar-refractivity contribution is 0.426. The lowest BCUT2D eigenvalue weighted by Gasteiger charge is -1.85. The molecule has 0 aliphatic carbocycles. The van der Waals surface area contributed by atoms with Gasteiger partial charge in [0.15, 0.2) is 0 Å². The van der Waals surface area contributed by atoms with Crippen molar-refractivity contribution in [2.45, 2.75) is 13.2 Å². The van der Waals surface area contributed by atoms with Crippen LogP contribution in [0.4, 0.5) is 4.39 Å². The summed E-state index contributed by atoms with van der Waals surface area (Å²) in [5, 5.41) is 0. The molecule has 0 fully saturated rings. The summed E-state index contributed by atoms with van der Waals surface area (Å²) in [6.07, 6.45) is 1.73. The van der Waals surface area contributed by atoms with E-state index in [1.807, 2.05) is 0 Å². The Labute approximate surface area is 60.4 Å². The summed E-state index contributed by atoms with van der Waals surface area (Å²) >= 11 is 0. The van der Waals surface area contributed by atoms with Crippen LogP contribution in [-0.4, -0.2) is 6.30 Å². The zero-order valence-electron chi connectivity index (χ0n) is 5.89. The fourth-order valence-corrected chi connectivity index (χ4v) is 0.401. The minimum Gasteiger partial charge on any atom is -0.291 e. The summed E-state index contributed by atoms with van der Waals surface area (Å²) in [5.74, 6) is 4.70. The zero-order chi connectivity index (χ0) is 7.98. The highest BCUT2D eigenvalue weighted by Crippen LogP contribution is 1.88. The predicted octanol–water partition coefficient (Wildman–Crippen LogP) is 1.38. The van der Waals surface area contributed by atoms with Crippen molar-refractivity contribution in [3.05, 3.63) is 24.3 Å². The van der Waals surface area contributed by atoms with Gasteiger partial charge in [0.1, 0.15) is 0 Å². The maximum atomic E-state index is 11.9. The maximum Gasteiger partial charge on any atom is 0.210 e. The van der Waals surface area contributed by atoms with Crippen LogP contribution in [0.2, 0.25) is 0 Å². The minimum atomic E-state index is -1.55. The Morgan fingerprint density at radius 2 is 2.40 bits per heavy atom. The molecule has 0 radical (unpaired) electrons. The highest BCUT2D eigenvalue weighted by atomic mass is 19.1. The Hall–Kier alpha value is -1.07. The molecule has 0 aliphatic rings. The van der Waals surface area contributed by atoms with Crippen molar-refractivity contribution in [2.24, 2.45) is 5.73 Å². The fourth-order valence-electron chi connectivity index (χ4n) is 0.401. The summed E-state index contributed by atoms with van der Waals surface area (Å²) < 4.78 is 11.9. The molecule has 0 saturated carbocycles. The fraction of sp³-hybridized carbons (Fsp3) is 0.250. The van der Waals surface area contributed by atoms with E-state index in [1.54, 1.807) is 19.1 Å². The lowest BCUT2D eigenvalue weighted by atomic mass is 10.3. The summed E-state index contributed by atoms with van der Waals surface area (Å²) in [6, 6.07) is 0. The van der Waals surface area contributed by atoms with Crippen molar-refractivity contribution in [1.29, 1.82) is 0 Å². The van der Waals surface area contributed by atoms with Crippen molar-refractivity contribution in [3.8, 4) is 11.8 Å². The van der Waals surface area contributed by atoms with Crippen LogP contribution in [0.3, 0.4) is 0 Å². The molecule has 1 unspecified atom stereocenters. The molecule has 0 amide bonds. The second kappa shape index (κ2) is 4.78. The monoisotopic (exact) mass is 139 g/mol. The van der Waals surface area contributed by atoms with Crippen molar-refractivity contribution in [2.75, 3.05) is 0 Å². The number of alkyl halides is 1. The SMILES string of the molecule is C=C/C=C(/C)C#CC(N)F. The van der Waals surface area contributed by atoms with E-state index in [1.165, 1.54) is 0 Å². The van der Waals surface area contributed by atoms with E-state index in [9.17, 15) is 4.39 Å². The van der Waals surface area contributed by atoms with Crippen molar-refractivity contribution < 1.29 is 4.39 Å². The molecule has 10 heavy (non-hydrogen) atoms. The van der Waals surface area contributed by atoms with E-state index in [0.717, 1.165) is 5.57 Å². The first-order valence-electron chi connectivity index (χ1n) is 2.87. The second-order valence-electron chi connectivity index (χ2n) is 1.76. The Bertz CT molecular complexity index is 193. The third-order valence-electron chi connectivity index (χ3n) is 0.775. The third-order valence-corrected chi connectivity index (χ3v) is 0.775. The van der Waals surface area contributed by atoms with Crippen LogP contribution in [0.25, 0.3) is 0 Å². The van der Waals surface area contributed by atoms with Gasteiger partial charge in [-0.1, -0.05) is 24.7 Å². The Kier molecular flexibility index (Phi) is 4.26. The molecule has 0 spiro atoms. The van der Waals surface area contributed by atoms with Gasteiger partial charge in [0.2, 0.25) is 6.30 Å². The van der Waals surface area contributed by atoms with Gasteiger partial charge in [-0.05, 0) is 18.4 Å². The molecule has 0 aliphatic heterocycles. The van der Waals surface area contributed by atoms with Crippen LogP contribution in [-0.2, 0) is 0 Å². The predicted molar refractivity (Wildman–Crippen MR) is 40.8 cm³/mol. The number of allylic oxidation sites excluding steroid dienone is 3. The molecule has 1 atom stereocenters. The molecule has 1 nitrogen and oxygen atoms in total. The average Bonchev–Trinajstić information content (AvgIpc) is 1.85. The quantitative estimate of drug-likeness (QED) is 0.331. The standard InChI is InChI=1S/C8H10FN/c1-3-4-7(2)5-6-8(9)10/h3-4,8H,1,10H2,2H3/b7-4-. The molecule has 0 rings (SSSR count).